The van der Waals surface area contributed by atoms with Gasteiger partial charge < -0.3 is 5.11 Å². The van der Waals surface area contributed by atoms with Crippen LogP contribution in [0.2, 0.25) is 0 Å². The molecule has 0 aliphatic carbocycles. The zero-order valence-corrected chi connectivity index (χ0v) is 17.1. The van der Waals surface area contributed by atoms with Crippen LogP contribution in [0.15, 0.2) is 66.9 Å². The van der Waals surface area contributed by atoms with Crippen molar-refractivity contribution in [1.29, 1.82) is 0 Å². The van der Waals surface area contributed by atoms with E-state index in [1.54, 1.807) is 31.2 Å². The first-order valence-corrected chi connectivity index (χ1v) is 9.65. The largest absolute Gasteiger partial charge is 0.478 e. The normalized spacial score (nSPS) is 11.4. The predicted octanol–water partition coefficient (Wildman–Crippen LogP) is 6.04. The highest BCUT2D eigenvalue weighted by molar-refractivity contribution is 5.90. The van der Waals surface area contributed by atoms with Crippen molar-refractivity contribution in [3.8, 4) is 33.8 Å². The molecular weight excluding hydrogens is 438 g/mol. The van der Waals surface area contributed by atoms with Crippen molar-refractivity contribution >= 4 is 5.97 Å². The molecule has 0 atom stereocenters. The topological polar surface area (TPSA) is 76.0 Å². The van der Waals surface area contributed by atoms with Crippen molar-refractivity contribution in [3.63, 3.8) is 0 Å². The minimum Gasteiger partial charge on any atom is -0.478 e. The number of rotatable bonds is 4. The third kappa shape index (κ3) is 4.72. The molecule has 2 heterocycles. The van der Waals surface area contributed by atoms with Crippen LogP contribution < -0.4 is 0 Å². The van der Waals surface area contributed by atoms with Crippen LogP contribution in [0.1, 0.15) is 21.7 Å². The number of aryl methyl sites for hydroxylation is 1. The summed E-state index contributed by atoms with van der Waals surface area (Å²) < 4.78 is 54.4. The standard InChI is InChI=1S/C24H15F4N3O2/c1-13-5-6-17(12-29-13)20-11-21(24(26,27)28)31-22(30-20)16-4-2-3-14(9-16)15-7-8-19(25)18(10-15)23(32)33/h2-12H,1H3,(H,32,33). The minimum absolute atomic E-state index is 0.0557. The van der Waals surface area contributed by atoms with Crippen molar-refractivity contribution in [3.05, 3.63) is 89.6 Å². The Balaban J connectivity index is 1.84. The van der Waals surface area contributed by atoms with E-state index < -0.39 is 29.2 Å². The minimum atomic E-state index is -4.70. The van der Waals surface area contributed by atoms with Crippen molar-refractivity contribution in [1.82, 2.24) is 15.0 Å². The number of aromatic nitrogens is 3. The Kier molecular flexibility index (Phi) is 5.63. The number of hydrogen-bond acceptors (Lipinski definition) is 4. The van der Waals surface area contributed by atoms with Crippen LogP contribution >= 0.6 is 0 Å². The van der Waals surface area contributed by atoms with Crippen LogP contribution in [-0.4, -0.2) is 26.0 Å². The number of hydrogen-bond donors (Lipinski definition) is 1. The first kappa shape index (κ1) is 22.1. The van der Waals surface area contributed by atoms with Crippen LogP contribution in [0.3, 0.4) is 0 Å². The summed E-state index contributed by atoms with van der Waals surface area (Å²) in [5.41, 5.74) is 0.666. The fourth-order valence-corrected chi connectivity index (χ4v) is 3.20. The predicted molar refractivity (Wildman–Crippen MR) is 113 cm³/mol. The Bertz CT molecular complexity index is 1350. The van der Waals surface area contributed by atoms with Gasteiger partial charge in [-0.15, -0.1) is 0 Å². The lowest BCUT2D eigenvalue weighted by Gasteiger charge is -2.12. The summed E-state index contributed by atoms with van der Waals surface area (Å²) in [6.45, 7) is 1.76. The summed E-state index contributed by atoms with van der Waals surface area (Å²) in [6.07, 6.45) is -3.26. The van der Waals surface area contributed by atoms with Crippen molar-refractivity contribution < 1.29 is 27.5 Å². The van der Waals surface area contributed by atoms with Crippen molar-refractivity contribution in [2.24, 2.45) is 0 Å². The molecule has 1 N–H and O–H groups in total. The number of alkyl halides is 3. The van der Waals surface area contributed by atoms with Gasteiger partial charge in [0.15, 0.2) is 5.82 Å². The maximum atomic E-state index is 13.8. The number of pyridine rings is 1. The van der Waals surface area contributed by atoms with Gasteiger partial charge >= 0.3 is 12.1 Å². The molecule has 0 fully saturated rings. The Hall–Kier alpha value is -4.14. The number of benzene rings is 2. The number of carbonyl (C=O) groups is 1. The average molecular weight is 453 g/mol. The number of carboxylic acids is 1. The highest BCUT2D eigenvalue weighted by atomic mass is 19.4. The molecule has 0 saturated heterocycles. The molecule has 0 spiro atoms. The summed E-state index contributed by atoms with van der Waals surface area (Å²) in [5.74, 6) is -2.48. The second-order valence-corrected chi connectivity index (χ2v) is 7.23. The van der Waals surface area contributed by atoms with Gasteiger partial charge in [0, 0.05) is 23.0 Å². The maximum Gasteiger partial charge on any atom is 0.433 e. The smallest absolute Gasteiger partial charge is 0.433 e. The van der Waals surface area contributed by atoms with Gasteiger partial charge in [-0.1, -0.05) is 24.3 Å². The number of carboxylic acid groups (broad SMARTS) is 1. The van der Waals surface area contributed by atoms with Gasteiger partial charge in [0.25, 0.3) is 0 Å². The second kappa shape index (κ2) is 8.42. The summed E-state index contributed by atoms with van der Waals surface area (Å²) in [4.78, 5) is 23.4. The van der Waals surface area contributed by atoms with E-state index in [4.69, 9.17) is 5.11 Å². The Morgan fingerprint density at radius 2 is 1.58 bits per heavy atom. The zero-order valence-electron chi connectivity index (χ0n) is 17.1. The van der Waals surface area contributed by atoms with Gasteiger partial charge in [0.1, 0.15) is 11.5 Å². The lowest BCUT2D eigenvalue weighted by Crippen LogP contribution is -2.10. The fourth-order valence-electron chi connectivity index (χ4n) is 3.20. The molecule has 2 aromatic heterocycles. The molecule has 0 saturated carbocycles. The molecule has 4 aromatic rings. The van der Waals surface area contributed by atoms with Crippen molar-refractivity contribution in [2.75, 3.05) is 0 Å². The van der Waals surface area contributed by atoms with E-state index in [-0.39, 0.29) is 17.1 Å². The average Bonchev–Trinajstić information content (AvgIpc) is 2.79. The molecule has 0 aliphatic heterocycles. The van der Waals surface area contributed by atoms with Crippen LogP contribution in [0.4, 0.5) is 17.6 Å². The third-order valence-corrected chi connectivity index (χ3v) is 4.87. The molecule has 0 aliphatic rings. The first-order chi connectivity index (χ1) is 15.6. The SMILES string of the molecule is Cc1ccc(-c2cc(C(F)(F)F)nc(-c3cccc(-c4ccc(F)c(C(=O)O)c4)c3)n2)cn1. The lowest BCUT2D eigenvalue weighted by atomic mass is 10.0. The molecule has 0 radical (unpaired) electrons. The van der Waals surface area contributed by atoms with Crippen LogP contribution in [0.5, 0.6) is 0 Å². The van der Waals surface area contributed by atoms with Gasteiger partial charge in [0.2, 0.25) is 0 Å². The van der Waals surface area contributed by atoms with E-state index in [0.29, 0.717) is 22.4 Å². The van der Waals surface area contributed by atoms with Crippen LogP contribution in [0.25, 0.3) is 33.8 Å². The molecule has 166 valence electrons. The van der Waals surface area contributed by atoms with Gasteiger partial charge in [-0.05, 0) is 54.4 Å². The van der Waals surface area contributed by atoms with E-state index in [2.05, 4.69) is 15.0 Å². The van der Waals surface area contributed by atoms with Crippen LogP contribution in [-0.2, 0) is 6.18 Å². The van der Waals surface area contributed by atoms with E-state index in [1.807, 2.05) is 0 Å². The number of halogens is 4. The van der Waals surface area contributed by atoms with E-state index in [9.17, 15) is 22.4 Å². The van der Waals surface area contributed by atoms with Gasteiger partial charge in [-0.3, -0.25) is 4.98 Å². The zero-order chi connectivity index (χ0) is 23.8. The summed E-state index contributed by atoms with van der Waals surface area (Å²) in [7, 11) is 0. The fraction of sp³-hybridized carbons (Fsp3) is 0.0833. The van der Waals surface area contributed by atoms with Gasteiger partial charge in [-0.2, -0.15) is 13.2 Å². The molecule has 5 nitrogen and oxygen atoms in total. The lowest BCUT2D eigenvalue weighted by molar-refractivity contribution is -0.141. The quantitative estimate of drug-likeness (QED) is 0.382. The summed E-state index contributed by atoms with van der Waals surface area (Å²) in [6, 6.07) is 14.0. The van der Waals surface area contributed by atoms with Gasteiger partial charge in [0.05, 0.1) is 11.3 Å². The van der Waals surface area contributed by atoms with Gasteiger partial charge in [-0.25, -0.2) is 19.2 Å². The Morgan fingerprint density at radius 3 is 2.24 bits per heavy atom. The molecule has 4 rings (SSSR count). The first-order valence-electron chi connectivity index (χ1n) is 9.65. The van der Waals surface area contributed by atoms with E-state index in [0.717, 1.165) is 18.2 Å². The molecular formula is C24H15F4N3O2. The third-order valence-electron chi connectivity index (χ3n) is 4.87. The second-order valence-electron chi connectivity index (χ2n) is 7.23. The highest BCUT2D eigenvalue weighted by Crippen LogP contribution is 2.33. The van der Waals surface area contributed by atoms with E-state index in [1.165, 1.54) is 24.4 Å². The molecule has 2 aromatic carbocycles. The maximum absolute atomic E-state index is 13.8. The van der Waals surface area contributed by atoms with Crippen LogP contribution in [0, 0.1) is 12.7 Å². The molecule has 0 unspecified atom stereocenters. The molecule has 33 heavy (non-hydrogen) atoms. The van der Waals surface area contributed by atoms with E-state index >= 15 is 0 Å². The monoisotopic (exact) mass is 453 g/mol. The molecule has 9 heteroatoms. The number of aromatic carboxylic acids is 1. The molecule has 0 amide bonds. The van der Waals surface area contributed by atoms with Crippen molar-refractivity contribution in [2.45, 2.75) is 13.1 Å². The Morgan fingerprint density at radius 1 is 0.879 bits per heavy atom. The molecule has 0 bridgehead atoms. The Labute approximate surface area is 185 Å². The summed E-state index contributed by atoms with van der Waals surface area (Å²) in [5, 5.41) is 9.16. The highest BCUT2D eigenvalue weighted by Gasteiger charge is 2.34. The summed E-state index contributed by atoms with van der Waals surface area (Å²) >= 11 is 0. The number of nitrogens with zero attached hydrogens (tertiary/aromatic N) is 3.